The Hall–Kier alpha value is -4.32. The monoisotopic (exact) mass is 698 g/mol. The van der Waals surface area contributed by atoms with Crippen molar-refractivity contribution in [3.05, 3.63) is 53.2 Å². The van der Waals surface area contributed by atoms with Gasteiger partial charge in [-0.3, -0.25) is 34.2 Å². The molecule has 2 saturated heterocycles. The Morgan fingerprint density at radius 2 is 1.69 bits per heavy atom. The number of carbonyl (C=O) groups excluding carboxylic acids is 5. The second-order valence-corrected chi connectivity index (χ2v) is 16.5. The SMILES string of the molecule is CCN(CC1CCN(c2ccc(C(=O)NC3C(C)(C)CC3(C)C)cn2)CC1)C1CC(Oc2ccc3c(c2)C(=O)N(C2CCC(=O)NC2=O)C3=O)C1. The highest BCUT2D eigenvalue weighted by atomic mass is 16.5. The van der Waals surface area contributed by atoms with Crippen molar-refractivity contribution in [2.24, 2.45) is 16.7 Å². The number of fused-ring (bicyclic) bond motifs is 1. The molecule has 0 spiro atoms. The number of hydrogen-bond donors (Lipinski definition) is 2. The summed E-state index contributed by atoms with van der Waals surface area (Å²) in [5, 5.41) is 5.48. The number of imide groups is 2. The number of benzene rings is 1. The first-order chi connectivity index (χ1) is 24.2. The maximum absolute atomic E-state index is 13.2. The summed E-state index contributed by atoms with van der Waals surface area (Å²) in [5.74, 6) is -0.0788. The summed E-state index contributed by atoms with van der Waals surface area (Å²) in [6, 6.07) is 8.36. The Balaban J connectivity index is 0.863. The maximum atomic E-state index is 13.2. The van der Waals surface area contributed by atoms with Crippen LogP contribution in [0.3, 0.4) is 0 Å². The van der Waals surface area contributed by atoms with Crippen molar-refractivity contribution in [2.75, 3.05) is 31.1 Å². The van der Waals surface area contributed by atoms with Gasteiger partial charge in [0.05, 0.1) is 16.7 Å². The number of aromatic nitrogens is 1. The van der Waals surface area contributed by atoms with Crippen LogP contribution in [-0.2, 0) is 9.59 Å². The largest absolute Gasteiger partial charge is 0.490 e. The first kappa shape index (κ1) is 35.1. The van der Waals surface area contributed by atoms with Crippen LogP contribution in [-0.4, -0.2) is 94.7 Å². The van der Waals surface area contributed by atoms with Gasteiger partial charge in [-0.15, -0.1) is 0 Å². The van der Waals surface area contributed by atoms with Gasteiger partial charge in [-0.2, -0.15) is 0 Å². The number of pyridine rings is 1. The van der Waals surface area contributed by atoms with Crippen LogP contribution in [0.25, 0.3) is 0 Å². The van der Waals surface area contributed by atoms with Gasteiger partial charge in [0.2, 0.25) is 11.8 Å². The van der Waals surface area contributed by atoms with E-state index >= 15 is 0 Å². The van der Waals surface area contributed by atoms with Crippen LogP contribution in [0.5, 0.6) is 5.75 Å². The first-order valence-electron chi connectivity index (χ1n) is 18.5. The molecule has 2 saturated carbocycles. The highest BCUT2D eigenvalue weighted by Gasteiger charge is 2.53. The van der Waals surface area contributed by atoms with Crippen molar-refractivity contribution in [3.8, 4) is 5.75 Å². The molecule has 7 rings (SSSR count). The fourth-order valence-corrected chi connectivity index (χ4v) is 9.48. The van der Waals surface area contributed by atoms with Gasteiger partial charge in [-0.05, 0) is 79.3 Å². The molecule has 5 aliphatic rings. The summed E-state index contributed by atoms with van der Waals surface area (Å²) in [6.45, 7) is 14.9. The van der Waals surface area contributed by atoms with E-state index < -0.39 is 29.7 Å². The zero-order chi connectivity index (χ0) is 36.2. The lowest BCUT2D eigenvalue weighted by Gasteiger charge is -2.57. The molecule has 1 unspecified atom stereocenters. The smallest absolute Gasteiger partial charge is 0.262 e. The molecule has 1 aromatic heterocycles. The number of ether oxygens (including phenoxy) is 1. The topological polar surface area (TPSA) is 141 Å². The van der Waals surface area contributed by atoms with E-state index in [-0.39, 0.29) is 52.9 Å². The summed E-state index contributed by atoms with van der Waals surface area (Å²) in [7, 11) is 0. The van der Waals surface area contributed by atoms with Crippen molar-refractivity contribution in [2.45, 2.75) is 104 Å². The minimum absolute atomic E-state index is 0.0187. The maximum Gasteiger partial charge on any atom is 0.262 e. The number of rotatable bonds is 10. The zero-order valence-electron chi connectivity index (χ0n) is 30.4. The number of piperidine rings is 2. The quantitative estimate of drug-likeness (QED) is 0.350. The number of nitrogens with zero attached hydrogens (tertiary/aromatic N) is 4. The molecule has 51 heavy (non-hydrogen) atoms. The van der Waals surface area contributed by atoms with Crippen molar-refractivity contribution in [3.63, 3.8) is 0 Å². The summed E-state index contributed by atoms with van der Waals surface area (Å²) >= 11 is 0. The van der Waals surface area contributed by atoms with E-state index in [0.29, 0.717) is 23.3 Å². The number of carbonyl (C=O) groups is 5. The second-order valence-electron chi connectivity index (χ2n) is 16.5. The highest BCUT2D eigenvalue weighted by molar-refractivity contribution is 6.23. The fraction of sp³-hybridized carbons (Fsp3) is 0.590. The first-order valence-corrected chi connectivity index (χ1v) is 18.5. The number of anilines is 1. The summed E-state index contributed by atoms with van der Waals surface area (Å²) in [5.41, 5.74) is 1.28. The number of nitrogens with one attached hydrogen (secondary N) is 2. The van der Waals surface area contributed by atoms with Crippen LogP contribution < -0.4 is 20.3 Å². The van der Waals surface area contributed by atoms with Crippen molar-refractivity contribution in [1.82, 2.24) is 25.4 Å². The van der Waals surface area contributed by atoms with Crippen LogP contribution in [0.1, 0.15) is 111 Å². The molecule has 272 valence electrons. The van der Waals surface area contributed by atoms with Gasteiger partial charge in [-0.1, -0.05) is 34.6 Å². The van der Waals surface area contributed by atoms with E-state index in [1.165, 1.54) is 0 Å². The predicted molar refractivity (Wildman–Crippen MR) is 190 cm³/mol. The van der Waals surface area contributed by atoms with Gasteiger partial charge >= 0.3 is 0 Å². The van der Waals surface area contributed by atoms with E-state index in [9.17, 15) is 24.0 Å². The predicted octanol–water partition coefficient (Wildman–Crippen LogP) is 4.19. The van der Waals surface area contributed by atoms with Crippen LogP contribution >= 0.6 is 0 Å². The van der Waals surface area contributed by atoms with Crippen molar-refractivity contribution >= 4 is 35.4 Å². The lowest BCUT2D eigenvalue weighted by molar-refractivity contribution is -0.136. The standard InChI is InChI=1S/C39H50N6O6/c1-6-43(21-23-13-15-44(16-14-23)31-11-7-24(20-40-31)33(47)42-37-38(2,3)22-39(37,4)5)25-17-27(18-25)51-26-8-9-28-29(19-26)36(50)45(35(28)49)30-10-12-32(46)41-34(30)48/h7-9,11,19-20,23,25,27,30,37H,6,10,12-18,21-22H2,1-5H3,(H,42,47)(H,41,46,48). The average Bonchev–Trinajstić information content (AvgIpc) is 3.32. The van der Waals surface area contributed by atoms with Crippen LogP contribution in [0.4, 0.5) is 5.82 Å². The zero-order valence-corrected chi connectivity index (χ0v) is 30.4. The van der Waals surface area contributed by atoms with Crippen LogP contribution in [0.2, 0.25) is 0 Å². The average molecular weight is 699 g/mol. The molecule has 4 heterocycles. The molecule has 0 bridgehead atoms. The van der Waals surface area contributed by atoms with E-state index in [0.717, 1.165) is 69.0 Å². The lowest BCUT2D eigenvalue weighted by Crippen LogP contribution is -2.63. The number of hydrogen-bond acceptors (Lipinski definition) is 9. The van der Waals surface area contributed by atoms with Gasteiger partial charge in [0, 0.05) is 57.2 Å². The summed E-state index contributed by atoms with van der Waals surface area (Å²) < 4.78 is 6.25. The minimum atomic E-state index is -0.987. The van der Waals surface area contributed by atoms with E-state index in [2.05, 4.69) is 60.0 Å². The van der Waals surface area contributed by atoms with Gasteiger partial charge < -0.3 is 19.9 Å². The Bertz CT molecular complexity index is 1710. The molecule has 0 radical (unpaired) electrons. The molecule has 4 fully saturated rings. The second kappa shape index (κ2) is 13.3. The molecular weight excluding hydrogens is 648 g/mol. The normalized spacial score (nSPS) is 26.0. The molecule has 1 atom stereocenters. The third-order valence-electron chi connectivity index (χ3n) is 11.9. The Morgan fingerprint density at radius 3 is 2.31 bits per heavy atom. The van der Waals surface area contributed by atoms with E-state index in [1.54, 1.807) is 24.4 Å². The van der Waals surface area contributed by atoms with Crippen LogP contribution in [0.15, 0.2) is 36.5 Å². The molecule has 2 aromatic rings. The van der Waals surface area contributed by atoms with Crippen molar-refractivity contribution < 1.29 is 28.7 Å². The molecule has 5 amide bonds. The molecule has 2 aliphatic carbocycles. The minimum Gasteiger partial charge on any atom is -0.490 e. The van der Waals surface area contributed by atoms with Crippen LogP contribution in [0, 0.1) is 16.7 Å². The Kier molecular flexibility index (Phi) is 9.18. The highest BCUT2D eigenvalue weighted by Crippen LogP contribution is 2.53. The lowest BCUT2D eigenvalue weighted by atomic mass is 9.52. The third-order valence-corrected chi connectivity index (χ3v) is 11.9. The summed E-state index contributed by atoms with van der Waals surface area (Å²) in [6.07, 6.45) is 6.96. The van der Waals surface area contributed by atoms with Gasteiger partial charge in [0.15, 0.2) is 0 Å². The molecule has 3 aliphatic heterocycles. The van der Waals surface area contributed by atoms with Gasteiger partial charge in [-0.25, -0.2) is 4.98 Å². The molecular formula is C39H50N6O6. The fourth-order valence-electron chi connectivity index (χ4n) is 9.48. The van der Waals surface area contributed by atoms with E-state index in [1.807, 2.05) is 12.1 Å². The van der Waals surface area contributed by atoms with Gasteiger partial charge in [0.1, 0.15) is 23.7 Å². The van der Waals surface area contributed by atoms with Crippen molar-refractivity contribution in [1.29, 1.82) is 0 Å². The Labute approximate surface area is 299 Å². The molecule has 12 heteroatoms. The number of amides is 5. The third kappa shape index (κ3) is 6.74. The Morgan fingerprint density at radius 1 is 0.980 bits per heavy atom. The van der Waals surface area contributed by atoms with Gasteiger partial charge in [0.25, 0.3) is 17.7 Å². The summed E-state index contributed by atoms with van der Waals surface area (Å²) in [4.78, 5) is 73.7. The molecule has 2 N–H and O–H groups in total. The molecule has 12 nitrogen and oxygen atoms in total. The van der Waals surface area contributed by atoms with E-state index in [4.69, 9.17) is 4.74 Å². The molecule has 1 aromatic carbocycles.